The van der Waals surface area contributed by atoms with Crippen molar-refractivity contribution in [3.8, 4) is 0 Å². The molecule has 1 fully saturated rings. The van der Waals surface area contributed by atoms with Gasteiger partial charge in [0.2, 0.25) is 5.91 Å². The van der Waals surface area contributed by atoms with E-state index in [-0.39, 0.29) is 5.91 Å². The van der Waals surface area contributed by atoms with E-state index < -0.39 is 30.0 Å². The van der Waals surface area contributed by atoms with Crippen molar-refractivity contribution < 1.29 is 19.4 Å². The lowest BCUT2D eigenvalue weighted by molar-refractivity contribution is -0.146. The first-order valence-electron chi connectivity index (χ1n) is 6.65. The van der Waals surface area contributed by atoms with Gasteiger partial charge in [0.05, 0.1) is 18.1 Å². The van der Waals surface area contributed by atoms with E-state index in [0.717, 1.165) is 5.56 Å². The number of carboxylic acid groups (broad SMARTS) is 1. The van der Waals surface area contributed by atoms with Gasteiger partial charge >= 0.3 is 5.97 Å². The minimum Gasteiger partial charge on any atom is -0.481 e. The van der Waals surface area contributed by atoms with Crippen molar-refractivity contribution >= 4 is 23.5 Å². The summed E-state index contributed by atoms with van der Waals surface area (Å²) in [5.41, 5.74) is 0.902. The van der Waals surface area contributed by atoms with Crippen LogP contribution in [-0.4, -0.2) is 29.2 Å². The summed E-state index contributed by atoms with van der Waals surface area (Å²) in [4.78, 5) is 23.6. The molecule has 2 heterocycles. The van der Waals surface area contributed by atoms with Crippen molar-refractivity contribution in [2.45, 2.75) is 18.8 Å². The fourth-order valence-corrected chi connectivity index (χ4v) is 2.95. The summed E-state index contributed by atoms with van der Waals surface area (Å²) in [5.74, 6) is -2.79. The second kappa shape index (κ2) is 5.50. The topological polar surface area (TPSA) is 75.6 Å². The van der Waals surface area contributed by atoms with Crippen molar-refractivity contribution in [2.24, 2.45) is 11.8 Å². The molecule has 1 aromatic rings. The van der Waals surface area contributed by atoms with E-state index in [1.54, 1.807) is 24.3 Å². The summed E-state index contributed by atoms with van der Waals surface area (Å²) < 4.78 is 5.48. The number of carbonyl (C=O) groups excluding carboxylic acids is 1. The molecule has 6 heteroatoms. The summed E-state index contributed by atoms with van der Waals surface area (Å²) in [5, 5.41) is 12.7. The summed E-state index contributed by atoms with van der Waals surface area (Å²) in [6, 6.07) is 7.11. The van der Waals surface area contributed by atoms with Gasteiger partial charge in [-0.25, -0.2) is 0 Å². The third-order valence-electron chi connectivity index (χ3n) is 3.87. The third kappa shape index (κ3) is 2.66. The molecule has 0 aromatic heterocycles. The van der Waals surface area contributed by atoms with Crippen LogP contribution in [0.2, 0.25) is 5.02 Å². The number of rotatable bonds is 4. The summed E-state index contributed by atoms with van der Waals surface area (Å²) in [6.45, 7) is 0.333. The number of fused-ring (bicyclic) bond motifs is 2. The summed E-state index contributed by atoms with van der Waals surface area (Å²) in [6.07, 6.45) is 2.53. The van der Waals surface area contributed by atoms with E-state index in [1.165, 1.54) is 0 Å². The highest BCUT2D eigenvalue weighted by atomic mass is 35.5. The van der Waals surface area contributed by atoms with Gasteiger partial charge in [0.15, 0.2) is 0 Å². The van der Waals surface area contributed by atoms with Crippen LogP contribution in [0.25, 0.3) is 0 Å². The van der Waals surface area contributed by atoms with Gasteiger partial charge in [0.1, 0.15) is 5.92 Å². The van der Waals surface area contributed by atoms with Gasteiger partial charge in [-0.2, -0.15) is 0 Å². The minimum absolute atomic E-state index is 0.297. The molecule has 5 nitrogen and oxygen atoms in total. The molecule has 4 atom stereocenters. The van der Waals surface area contributed by atoms with Crippen LogP contribution < -0.4 is 5.32 Å². The maximum Gasteiger partial charge on any atom is 0.310 e. The SMILES string of the molecule is O=C(O)[C@@H]1[C@@H](C(=O)NCc2ccc(Cl)cc2)[C@@H]2C=C[C@@H]1O2. The van der Waals surface area contributed by atoms with Gasteiger partial charge in [-0.05, 0) is 17.7 Å². The normalized spacial score (nSPS) is 29.6. The van der Waals surface area contributed by atoms with Crippen molar-refractivity contribution in [2.75, 3.05) is 0 Å². The molecular formula is C15H14ClNO4. The first-order chi connectivity index (χ1) is 10.1. The molecule has 2 aliphatic rings. The second-order valence-corrected chi connectivity index (χ2v) is 5.62. The average Bonchev–Trinajstić information content (AvgIpc) is 3.06. The number of carbonyl (C=O) groups is 2. The van der Waals surface area contributed by atoms with Gasteiger partial charge in [0, 0.05) is 11.6 Å². The molecule has 21 heavy (non-hydrogen) atoms. The number of carboxylic acids is 1. The first kappa shape index (κ1) is 14.1. The van der Waals surface area contributed by atoms with E-state index in [9.17, 15) is 14.7 Å². The van der Waals surface area contributed by atoms with Crippen LogP contribution in [0.3, 0.4) is 0 Å². The molecule has 1 aromatic carbocycles. The van der Waals surface area contributed by atoms with Crippen molar-refractivity contribution in [1.29, 1.82) is 0 Å². The Kier molecular flexibility index (Phi) is 3.69. The fourth-order valence-electron chi connectivity index (χ4n) is 2.82. The number of hydrogen-bond acceptors (Lipinski definition) is 3. The van der Waals surface area contributed by atoms with Gasteiger partial charge in [-0.15, -0.1) is 0 Å². The van der Waals surface area contributed by atoms with Gasteiger partial charge in [-0.3, -0.25) is 9.59 Å². The number of ether oxygens (including phenoxy) is 1. The highest BCUT2D eigenvalue weighted by Crippen LogP contribution is 2.39. The standard InChI is InChI=1S/C15H14ClNO4/c16-9-3-1-8(2-4-9)7-17-14(18)12-10-5-6-11(21-10)13(12)15(19)20/h1-6,10-13H,7H2,(H,17,18)(H,19,20)/t10-,11-,12-,13-/m0/s1. The van der Waals surface area contributed by atoms with E-state index in [2.05, 4.69) is 5.32 Å². The molecule has 0 radical (unpaired) electrons. The second-order valence-electron chi connectivity index (χ2n) is 5.18. The van der Waals surface area contributed by atoms with Crippen LogP contribution in [0.5, 0.6) is 0 Å². The predicted octanol–water partition coefficient (Wildman–Crippen LogP) is 1.61. The monoisotopic (exact) mass is 307 g/mol. The largest absolute Gasteiger partial charge is 0.481 e. The molecule has 0 spiro atoms. The predicted molar refractivity (Wildman–Crippen MR) is 75.7 cm³/mol. The van der Waals surface area contributed by atoms with E-state index in [0.29, 0.717) is 11.6 Å². The smallest absolute Gasteiger partial charge is 0.310 e. The van der Waals surface area contributed by atoms with Crippen LogP contribution in [0.1, 0.15) is 5.56 Å². The molecule has 0 unspecified atom stereocenters. The van der Waals surface area contributed by atoms with E-state index in [4.69, 9.17) is 16.3 Å². The van der Waals surface area contributed by atoms with Crippen molar-refractivity contribution in [1.82, 2.24) is 5.32 Å². The molecule has 3 rings (SSSR count). The van der Waals surface area contributed by atoms with Crippen LogP contribution in [0.4, 0.5) is 0 Å². The lowest BCUT2D eigenvalue weighted by atomic mass is 9.82. The van der Waals surface area contributed by atoms with Crippen molar-refractivity contribution in [3.05, 3.63) is 47.0 Å². The zero-order valence-electron chi connectivity index (χ0n) is 11.0. The Morgan fingerprint density at radius 3 is 2.38 bits per heavy atom. The fraction of sp³-hybridized carbons (Fsp3) is 0.333. The lowest BCUT2D eigenvalue weighted by Crippen LogP contribution is -2.42. The molecule has 110 valence electrons. The zero-order chi connectivity index (χ0) is 15.0. The van der Waals surface area contributed by atoms with E-state index >= 15 is 0 Å². The lowest BCUT2D eigenvalue weighted by Gasteiger charge is -2.21. The summed E-state index contributed by atoms with van der Waals surface area (Å²) >= 11 is 5.80. The molecule has 1 amide bonds. The number of hydrogen-bond donors (Lipinski definition) is 2. The Morgan fingerprint density at radius 1 is 1.14 bits per heavy atom. The maximum absolute atomic E-state index is 12.3. The molecule has 0 saturated carbocycles. The zero-order valence-corrected chi connectivity index (χ0v) is 11.8. The van der Waals surface area contributed by atoms with Crippen LogP contribution in [0.15, 0.2) is 36.4 Å². The highest BCUT2D eigenvalue weighted by Gasteiger charge is 2.53. The number of amides is 1. The molecule has 0 aliphatic carbocycles. The average molecular weight is 308 g/mol. The Labute approximate surface area is 126 Å². The maximum atomic E-state index is 12.3. The molecule has 1 saturated heterocycles. The third-order valence-corrected chi connectivity index (χ3v) is 4.12. The van der Waals surface area contributed by atoms with Crippen LogP contribution in [-0.2, 0) is 20.9 Å². The van der Waals surface area contributed by atoms with Gasteiger partial charge < -0.3 is 15.2 Å². The van der Waals surface area contributed by atoms with Crippen LogP contribution >= 0.6 is 11.6 Å². The number of nitrogens with one attached hydrogen (secondary N) is 1. The molecule has 2 aliphatic heterocycles. The first-order valence-corrected chi connectivity index (χ1v) is 7.03. The minimum atomic E-state index is -1.00. The van der Waals surface area contributed by atoms with Gasteiger partial charge in [-0.1, -0.05) is 35.9 Å². The Morgan fingerprint density at radius 2 is 1.76 bits per heavy atom. The van der Waals surface area contributed by atoms with Gasteiger partial charge in [0.25, 0.3) is 0 Å². The number of benzene rings is 1. The van der Waals surface area contributed by atoms with Crippen LogP contribution in [0, 0.1) is 11.8 Å². The highest BCUT2D eigenvalue weighted by molar-refractivity contribution is 6.30. The number of aliphatic carboxylic acids is 1. The molecule has 2 N–H and O–H groups in total. The van der Waals surface area contributed by atoms with E-state index in [1.807, 2.05) is 12.1 Å². The quantitative estimate of drug-likeness (QED) is 0.829. The Bertz CT molecular complexity index is 598. The molecular weight excluding hydrogens is 294 g/mol. The number of halogens is 1. The molecule has 2 bridgehead atoms. The Hall–Kier alpha value is -1.85. The summed E-state index contributed by atoms with van der Waals surface area (Å²) in [7, 11) is 0. The Balaban J connectivity index is 1.66. The van der Waals surface area contributed by atoms with Crippen molar-refractivity contribution in [3.63, 3.8) is 0 Å².